The van der Waals surface area contributed by atoms with Crippen molar-refractivity contribution < 1.29 is 18.9 Å². The fourth-order valence-corrected chi connectivity index (χ4v) is 4.23. The minimum Gasteiger partial charge on any atom is -0.423 e. The van der Waals surface area contributed by atoms with E-state index in [4.69, 9.17) is 4.65 Å². The number of rotatable bonds is 7. The lowest BCUT2D eigenvalue weighted by Crippen LogP contribution is -2.52. The molecule has 7 heteroatoms. The van der Waals surface area contributed by atoms with E-state index in [-0.39, 0.29) is 23.4 Å². The molecule has 3 N–H and O–H groups in total. The van der Waals surface area contributed by atoms with E-state index >= 15 is 0 Å². The van der Waals surface area contributed by atoms with E-state index in [1.165, 1.54) is 6.07 Å². The number of amides is 1. The Bertz CT molecular complexity index is 677. The van der Waals surface area contributed by atoms with E-state index in [0.29, 0.717) is 36.2 Å². The van der Waals surface area contributed by atoms with E-state index in [2.05, 4.69) is 31.4 Å². The maximum atomic E-state index is 14.0. The summed E-state index contributed by atoms with van der Waals surface area (Å²) in [5.74, 6) is 0.687. The van der Waals surface area contributed by atoms with Crippen molar-refractivity contribution in [1.29, 1.82) is 0 Å². The average molecular weight is 362 g/mol. The van der Waals surface area contributed by atoms with Gasteiger partial charge in [0.05, 0.1) is 12.0 Å². The van der Waals surface area contributed by atoms with Gasteiger partial charge in [-0.2, -0.15) is 0 Å². The third-order valence-electron chi connectivity index (χ3n) is 5.81. The molecule has 0 unspecified atom stereocenters. The number of carbonyl (C=O) groups excluding carboxylic acids is 1. The highest BCUT2D eigenvalue weighted by molar-refractivity contribution is 6.61. The van der Waals surface area contributed by atoms with Gasteiger partial charge < -0.3 is 20.3 Å². The molecule has 26 heavy (non-hydrogen) atoms. The molecule has 1 aromatic carbocycles. The maximum absolute atomic E-state index is 14.0. The zero-order chi connectivity index (χ0) is 18.9. The summed E-state index contributed by atoms with van der Waals surface area (Å²) in [5, 5.41) is 15.8. The molecule has 0 aromatic heterocycles. The van der Waals surface area contributed by atoms with Crippen LogP contribution in [-0.4, -0.2) is 31.1 Å². The van der Waals surface area contributed by atoms with Gasteiger partial charge in [-0.15, -0.1) is 0 Å². The van der Waals surface area contributed by atoms with E-state index < -0.39 is 12.9 Å². The average Bonchev–Trinajstić information content (AvgIpc) is 2.92. The van der Waals surface area contributed by atoms with Crippen LogP contribution in [0.15, 0.2) is 12.1 Å². The second-order valence-corrected chi connectivity index (χ2v) is 8.05. The minimum atomic E-state index is -1.17. The van der Waals surface area contributed by atoms with Crippen LogP contribution in [0.4, 0.5) is 10.1 Å². The predicted molar refractivity (Wildman–Crippen MR) is 101 cm³/mol. The van der Waals surface area contributed by atoms with Gasteiger partial charge in [-0.3, -0.25) is 4.79 Å². The highest BCUT2D eigenvalue weighted by Gasteiger charge is 2.50. The highest BCUT2D eigenvalue weighted by Crippen LogP contribution is 2.50. The molecule has 1 heterocycles. The molecule has 3 rings (SSSR count). The number of carbonyl (C=O) groups is 1. The maximum Gasteiger partial charge on any atom is 0.494 e. The van der Waals surface area contributed by atoms with Gasteiger partial charge >= 0.3 is 7.12 Å². The molecule has 0 radical (unpaired) electrons. The summed E-state index contributed by atoms with van der Waals surface area (Å²) in [4.78, 5) is 12.6. The topological polar surface area (TPSA) is 70.6 Å². The van der Waals surface area contributed by atoms with Crippen molar-refractivity contribution >= 4 is 24.2 Å². The van der Waals surface area contributed by atoms with Gasteiger partial charge in [-0.1, -0.05) is 20.8 Å². The number of fused-ring (bicyclic) bond motifs is 1. The first kappa shape index (κ1) is 19.2. The van der Waals surface area contributed by atoms with Crippen LogP contribution in [0.5, 0.6) is 0 Å². The monoisotopic (exact) mass is 362 g/mol. The third kappa shape index (κ3) is 3.60. The van der Waals surface area contributed by atoms with Crippen molar-refractivity contribution in [2.75, 3.05) is 18.4 Å². The third-order valence-corrected chi connectivity index (χ3v) is 5.81. The van der Waals surface area contributed by atoms with Gasteiger partial charge in [-0.25, -0.2) is 4.39 Å². The first-order chi connectivity index (χ1) is 12.3. The Balaban J connectivity index is 1.44. The number of anilines is 1. The van der Waals surface area contributed by atoms with Crippen LogP contribution in [-0.2, 0) is 16.1 Å². The summed E-state index contributed by atoms with van der Waals surface area (Å²) in [7, 11) is -1.17. The molecule has 1 saturated carbocycles. The number of hydrogen-bond acceptors (Lipinski definition) is 4. The molecule has 1 aliphatic carbocycles. The number of hydrogen-bond donors (Lipinski definition) is 3. The summed E-state index contributed by atoms with van der Waals surface area (Å²) in [5.41, 5.74) is 1.37. The minimum absolute atomic E-state index is 0.167. The second kappa shape index (κ2) is 7.57. The van der Waals surface area contributed by atoms with Crippen molar-refractivity contribution in [2.45, 2.75) is 46.6 Å². The Hall–Kier alpha value is -1.60. The molecule has 2 aliphatic rings. The number of benzene rings is 1. The number of halogens is 1. The SMILES string of the molecule is CC1CC(C(=O)NCCCNc2cc(F)c3c(c2)COB3O)(C(C)C)C1. The van der Waals surface area contributed by atoms with Crippen LogP contribution < -0.4 is 16.1 Å². The van der Waals surface area contributed by atoms with E-state index in [1.807, 2.05) is 0 Å². The van der Waals surface area contributed by atoms with Gasteiger partial charge in [0.15, 0.2) is 0 Å². The molecule has 0 saturated heterocycles. The summed E-state index contributed by atoms with van der Waals surface area (Å²) < 4.78 is 19.1. The van der Waals surface area contributed by atoms with Crippen LogP contribution in [0.3, 0.4) is 0 Å². The Morgan fingerprint density at radius 3 is 2.81 bits per heavy atom. The van der Waals surface area contributed by atoms with E-state index in [0.717, 1.165) is 19.3 Å². The van der Waals surface area contributed by atoms with Gasteiger partial charge in [0.1, 0.15) is 5.82 Å². The molecular formula is C19H28BFN2O3. The van der Waals surface area contributed by atoms with Gasteiger partial charge in [-0.05, 0) is 48.8 Å². The summed E-state index contributed by atoms with van der Waals surface area (Å²) in [6.45, 7) is 7.88. The molecule has 0 spiro atoms. The Morgan fingerprint density at radius 2 is 2.15 bits per heavy atom. The number of nitrogens with one attached hydrogen (secondary N) is 2. The van der Waals surface area contributed by atoms with Gasteiger partial charge in [0.2, 0.25) is 5.91 Å². The van der Waals surface area contributed by atoms with Crippen LogP contribution in [0.1, 0.15) is 45.6 Å². The van der Waals surface area contributed by atoms with Crippen molar-refractivity contribution in [2.24, 2.45) is 17.3 Å². The van der Waals surface area contributed by atoms with Crippen LogP contribution in [0, 0.1) is 23.1 Å². The summed E-state index contributed by atoms with van der Waals surface area (Å²) in [6.07, 6.45) is 2.70. The van der Waals surface area contributed by atoms with Crippen LogP contribution >= 0.6 is 0 Å². The fraction of sp³-hybridized carbons (Fsp3) is 0.632. The fourth-order valence-electron chi connectivity index (χ4n) is 4.23. The standard InChI is InChI=1S/C19H28BFN2O3/c1-12(2)19(9-13(3)10-19)18(24)23-6-4-5-22-15-7-14-11-26-20(25)17(14)16(21)8-15/h7-8,12-13,22,25H,4-6,9-11H2,1-3H3,(H,23,24). The first-order valence-electron chi connectivity index (χ1n) is 9.47. The second-order valence-electron chi connectivity index (χ2n) is 8.05. The van der Waals surface area contributed by atoms with Gasteiger partial charge in [0, 0.05) is 24.2 Å². The molecular weight excluding hydrogens is 334 g/mol. The highest BCUT2D eigenvalue weighted by atomic mass is 19.1. The largest absolute Gasteiger partial charge is 0.494 e. The van der Waals surface area contributed by atoms with Gasteiger partial charge in [0.25, 0.3) is 0 Å². The lowest BCUT2D eigenvalue weighted by molar-refractivity contribution is -0.143. The molecule has 142 valence electrons. The van der Waals surface area contributed by atoms with Crippen LogP contribution in [0.25, 0.3) is 0 Å². The Labute approximate surface area is 154 Å². The molecule has 1 amide bonds. The van der Waals surface area contributed by atoms with Crippen LogP contribution in [0.2, 0.25) is 0 Å². The summed E-state index contributed by atoms with van der Waals surface area (Å²) >= 11 is 0. The molecule has 0 bridgehead atoms. The van der Waals surface area contributed by atoms with Crippen molar-refractivity contribution in [3.63, 3.8) is 0 Å². The zero-order valence-electron chi connectivity index (χ0n) is 15.8. The molecule has 1 aliphatic heterocycles. The molecule has 1 fully saturated rings. The first-order valence-corrected chi connectivity index (χ1v) is 9.47. The molecule has 1 aromatic rings. The molecule has 0 atom stereocenters. The Morgan fingerprint density at radius 1 is 1.42 bits per heavy atom. The normalized spacial score (nSPS) is 24.4. The molecule has 5 nitrogen and oxygen atoms in total. The lowest BCUT2D eigenvalue weighted by Gasteiger charge is -2.48. The van der Waals surface area contributed by atoms with Crippen molar-refractivity contribution in [3.05, 3.63) is 23.5 Å². The van der Waals surface area contributed by atoms with Crippen molar-refractivity contribution in [1.82, 2.24) is 5.32 Å². The smallest absolute Gasteiger partial charge is 0.423 e. The zero-order valence-corrected chi connectivity index (χ0v) is 15.8. The lowest BCUT2D eigenvalue weighted by atomic mass is 9.56. The predicted octanol–water partition coefficient (Wildman–Crippen LogP) is 2.03. The quantitative estimate of drug-likeness (QED) is 0.513. The van der Waals surface area contributed by atoms with Crippen molar-refractivity contribution in [3.8, 4) is 0 Å². The van der Waals surface area contributed by atoms with E-state index in [1.54, 1.807) is 6.07 Å². The Kier molecular flexibility index (Phi) is 5.58. The van der Waals surface area contributed by atoms with E-state index in [9.17, 15) is 14.2 Å². The summed E-state index contributed by atoms with van der Waals surface area (Å²) in [6, 6.07) is 3.18.